The summed E-state index contributed by atoms with van der Waals surface area (Å²) >= 11 is 0. The fourth-order valence-electron chi connectivity index (χ4n) is 2.75. The summed E-state index contributed by atoms with van der Waals surface area (Å²) in [5.74, 6) is 2.11. The number of carbonyl (C=O) groups excluding carboxylic acids is 1. The van der Waals surface area contributed by atoms with Crippen LogP contribution in [0.3, 0.4) is 0 Å². The first kappa shape index (κ1) is 19.2. The van der Waals surface area contributed by atoms with Crippen LogP contribution in [0.4, 0.5) is 11.5 Å². The molecule has 1 amide bonds. The van der Waals surface area contributed by atoms with E-state index in [-0.39, 0.29) is 11.6 Å². The summed E-state index contributed by atoms with van der Waals surface area (Å²) in [5, 5.41) is 6.04. The van der Waals surface area contributed by atoms with Crippen molar-refractivity contribution < 1.29 is 14.3 Å². The molecule has 7 heteroatoms. The highest BCUT2D eigenvalue weighted by Crippen LogP contribution is 2.26. The number of nitrogens with zero attached hydrogens (tertiary/aromatic N) is 2. The molecule has 0 atom stereocenters. The van der Waals surface area contributed by atoms with E-state index in [0.29, 0.717) is 23.9 Å². The first-order valence-electron chi connectivity index (χ1n) is 8.76. The molecule has 0 radical (unpaired) electrons. The molecule has 2 N–H and O–H groups in total. The Morgan fingerprint density at radius 2 is 1.64 bits per heavy atom. The summed E-state index contributed by atoms with van der Waals surface area (Å²) in [6.07, 6.45) is 0. The Balaban J connectivity index is 1.76. The summed E-state index contributed by atoms with van der Waals surface area (Å²) in [4.78, 5) is 21.2. The van der Waals surface area contributed by atoms with E-state index in [1.807, 2.05) is 48.5 Å². The van der Waals surface area contributed by atoms with Gasteiger partial charge in [-0.1, -0.05) is 30.3 Å². The number of nitrogens with one attached hydrogen (secondary N) is 2. The summed E-state index contributed by atoms with van der Waals surface area (Å²) in [7, 11) is 3.20. The summed E-state index contributed by atoms with van der Waals surface area (Å²) in [6, 6.07) is 16.6. The van der Waals surface area contributed by atoms with Crippen LogP contribution in [-0.4, -0.2) is 30.1 Å². The summed E-state index contributed by atoms with van der Waals surface area (Å²) in [6.45, 7) is 2.07. The van der Waals surface area contributed by atoms with Crippen molar-refractivity contribution in [1.29, 1.82) is 0 Å². The molecule has 1 aromatic heterocycles. The molecule has 0 saturated carbocycles. The predicted octanol–water partition coefficient (Wildman–Crippen LogP) is 3.48. The number of ether oxygens (including phenoxy) is 2. The number of anilines is 2. The van der Waals surface area contributed by atoms with Crippen LogP contribution in [0.25, 0.3) is 0 Å². The van der Waals surface area contributed by atoms with Gasteiger partial charge in [-0.3, -0.25) is 4.79 Å². The zero-order valence-corrected chi connectivity index (χ0v) is 16.0. The van der Waals surface area contributed by atoms with Gasteiger partial charge >= 0.3 is 0 Å². The molecule has 3 rings (SSSR count). The minimum Gasteiger partial charge on any atom is -0.496 e. The Kier molecular flexibility index (Phi) is 6.06. The van der Waals surface area contributed by atoms with E-state index in [4.69, 9.17) is 9.47 Å². The van der Waals surface area contributed by atoms with Crippen LogP contribution < -0.4 is 20.1 Å². The first-order valence-corrected chi connectivity index (χ1v) is 8.76. The molecule has 3 aromatic rings. The molecule has 28 heavy (non-hydrogen) atoms. The summed E-state index contributed by atoms with van der Waals surface area (Å²) < 4.78 is 10.6. The molecule has 0 aliphatic rings. The van der Waals surface area contributed by atoms with E-state index < -0.39 is 0 Å². The monoisotopic (exact) mass is 378 g/mol. The second-order valence-electron chi connectivity index (χ2n) is 6.01. The molecule has 2 aromatic carbocycles. The topological polar surface area (TPSA) is 85.4 Å². The van der Waals surface area contributed by atoms with Gasteiger partial charge in [0.25, 0.3) is 5.91 Å². The van der Waals surface area contributed by atoms with Gasteiger partial charge < -0.3 is 20.1 Å². The average molecular weight is 378 g/mol. The molecule has 0 fully saturated rings. The van der Waals surface area contributed by atoms with Gasteiger partial charge in [-0.05, 0) is 25.1 Å². The van der Waals surface area contributed by atoms with Gasteiger partial charge in [0, 0.05) is 18.2 Å². The number of methoxy groups -OCH3 is 2. The van der Waals surface area contributed by atoms with Crippen LogP contribution in [0.5, 0.6) is 11.5 Å². The number of benzene rings is 2. The van der Waals surface area contributed by atoms with Crippen LogP contribution in [0.2, 0.25) is 0 Å². The van der Waals surface area contributed by atoms with Crippen molar-refractivity contribution in [3.05, 3.63) is 71.7 Å². The second-order valence-corrected chi connectivity index (χ2v) is 6.01. The first-order chi connectivity index (χ1) is 13.6. The quantitative estimate of drug-likeness (QED) is 0.655. The fourth-order valence-corrected chi connectivity index (χ4v) is 2.75. The maximum Gasteiger partial charge on any atom is 0.270 e. The van der Waals surface area contributed by atoms with E-state index in [0.717, 1.165) is 17.0 Å². The molecular formula is C21H22N4O3. The van der Waals surface area contributed by atoms with Crippen molar-refractivity contribution in [2.75, 3.05) is 19.5 Å². The standard InChI is InChI=1S/C21H22N4O3/c1-14-23-17(21(26)22-13-15-8-4-6-10-18(15)27-2)12-20(24-14)25-16-9-5-7-11-19(16)28-3/h4-12H,13H2,1-3H3,(H,22,26)(H,23,24,25). The van der Waals surface area contributed by atoms with Gasteiger partial charge in [0.1, 0.15) is 28.8 Å². The number of para-hydroxylation sites is 3. The van der Waals surface area contributed by atoms with Crippen molar-refractivity contribution in [1.82, 2.24) is 15.3 Å². The minimum absolute atomic E-state index is 0.278. The molecule has 0 aliphatic carbocycles. The molecule has 0 saturated heterocycles. The van der Waals surface area contributed by atoms with Gasteiger partial charge in [0.2, 0.25) is 0 Å². The molecular weight excluding hydrogens is 356 g/mol. The Morgan fingerprint density at radius 1 is 0.964 bits per heavy atom. The number of amides is 1. The smallest absolute Gasteiger partial charge is 0.270 e. The van der Waals surface area contributed by atoms with Crippen LogP contribution in [0.1, 0.15) is 21.9 Å². The minimum atomic E-state index is -0.292. The Bertz CT molecular complexity index is 975. The third kappa shape index (κ3) is 4.56. The van der Waals surface area contributed by atoms with Crippen molar-refractivity contribution in [3.8, 4) is 11.5 Å². The zero-order chi connectivity index (χ0) is 19.9. The van der Waals surface area contributed by atoms with Gasteiger partial charge in [0.15, 0.2) is 0 Å². The normalized spacial score (nSPS) is 10.2. The third-order valence-corrected chi connectivity index (χ3v) is 4.07. The maximum atomic E-state index is 12.6. The Morgan fingerprint density at radius 3 is 2.39 bits per heavy atom. The average Bonchev–Trinajstić information content (AvgIpc) is 2.72. The van der Waals surface area contributed by atoms with Crippen molar-refractivity contribution in [2.24, 2.45) is 0 Å². The lowest BCUT2D eigenvalue weighted by molar-refractivity contribution is 0.0945. The van der Waals surface area contributed by atoms with Crippen molar-refractivity contribution in [3.63, 3.8) is 0 Å². The van der Waals surface area contributed by atoms with E-state index in [1.165, 1.54) is 0 Å². The van der Waals surface area contributed by atoms with Gasteiger partial charge in [-0.15, -0.1) is 0 Å². The molecule has 0 unspecified atom stereocenters. The number of hydrogen-bond donors (Lipinski definition) is 2. The second kappa shape index (κ2) is 8.85. The van der Waals surface area contributed by atoms with E-state index in [2.05, 4.69) is 20.6 Å². The lowest BCUT2D eigenvalue weighted by Crippen LogP contribution is -2.24. The number of aryl methyl sites for hydroxylation is 1. The molecule has 0 spiro atoms. The highest BCUT2D eigenvalue weighted by Gasteiger charge is 2.12. The Labute approximate surface area is 163 Å². The Hall–Kier alpha value is -3.61. The summed E-state index contributed by atoms with van der Waals surface area (Å²) in [5.41, 5.74) is 1.92. The van der Waals surface area contributed by atoms with E-state index in [9.17, 15) is 4.79 Å². The van der Waals surface area contributed by atoms with Crippen molar-refractivity contribution >= 4 is 17.4 Å². The molecule has 7 nitrogen and oxygen atoms in total. The highest BCUT2D eigenvalue weighted by molar-refractivity contribution is 5.93. The molecule has 144 valence electrons. The molecule has 0 bridgehead atoms. The van der Waals surface area contributed by atoms with Crippen LogP contribution in [0.15, 0.2) is 54.6 Å². The molecule has 1 heterocycles. The van der Waals surface area contributed by atoms with Gasteiger partial charge in [0.05, 0.1) is 19.9 Å². The number of rotatable bonds is 7. The van der Waals surface area contributed by atoms with Crippen LogP contribution in [0, 0.1) is 6.92 Å². The SMILES string of the molecule is COc1ccccc1CNC(=O)c1cc(Nc2ccccc2OC)nc(C)n1. The lowest BCUT2D eigenvalue weighted by atomic mass is 10.2. The zero-order valence-electron chi connectivity index (χ0n) is 16.0. The number of aromatic nitrogens is 2. The lowest BCUT2D eigenvalue weighted by Gasteiger charge is -2.12. The number of carbonyl (C=O) groups is 1. The fraction of sp³-hybridized carbons (Fsp3) is 0.190. The number of hydrogen-bond acceptors (Lipinski definition) is 6. The van der Waals surface area contributed by atoms with Crippen molar-refractivity contribution in [2.45, 2.75) is 13.5 Å². The predicted molar refractivity (Wildman–Crippen MR) is 107 cm³/mol. The van der Waals surface area contributed by atoms with E-state index in [1.54, 1.807) is 27.2 Å². The van der Waals surface area contributed by atoms with Gasteiger partial charge in [-0.25, -0.2) is 9.97 Å². The van der Waals surface area contributed by atoms with Crippen LogP contribution >= 0.6 is 0 Å². The third-order valence-electron chi connectivity index (χ3n) is 4.07. The maximum absolute atomic E-state index is 12.6. The highest BCUT2D eigenvalue weighted by atomic mass is 16.5. The van der Waals surface area contributed by atoms with Gasteiger partial charge in [-0.2, -0.15) is 0 Å². The van der Waals surface area contributed by atoms with E-state index >= 15 is 0 Å². The largest absolute Gasteiger partial charge is 0.496 e. The molecule has 0 aliphatic heterocycles. The van der Waals surface area contributed by atoms with Crippen LogP contribution in [-0.2, 0) is 6.54 Å².